The molecule has 0 saturated heterocycles. The predicted octanol–water partition coefficient (Wildman–Crippen LogP) is 2.68. The van der Waals surface area contributed by atoms with E-state index in [0.29, 0.717) is 6.54 Å². The van der Waals surface area contributed by atoms with E-state index in [1.807, 2.05) is 0 Å². The lowest BCUT2D eigenvalue weighted by Gasteiger charge is -2.07. The molecule has 1 N–H and O–H groups in total. The average molecular weight is 259 g/mol. The molecule has 1 rings (SSSR count). The quantitative estimate of drug-likeness (QED) is 0.765. The molecule has 0 fully saturated rings. The van der Waals surface area contributed by atoms with Crippen LogP contribution < -0.4 is 4.72 Å². The molecule has 0 unspecified atom stereocenters. The Bertz CT molecular complexity index is 446. The summed E-state index contributed by atoms with van der Waals surface area (Å²) in [7, 11) is -3.70. The van der Waals surface area contributed by atoms with Gasteiger partial charge in [0.25, 0.3) is 0 Å². The largest absolute Gasteiger partial charge is 0.243 e. The van der Waals surface area contributed by atoms with Crippen molar-refractivity contribution in [1.82, 2.24) is 4.72 Å². The number of rotatable bonds is 7. The Hall–Kier alpha value is -0.940. The summed E-state index contributed by atoms with van der Waals surface area (Å²) in [6, 6.07) is 5.39. The maximum Gasteiger partial charge on any atom is 0.243 e. The van der Waals surface area contributed by atoms with Crippen molar-refractivity contribution in [2.45, 2.75) is 37.5 Å². The molecule has 5 heteroatoms. The SMILES string of the molecule is CCCCCCNS(=O)(=O)c1ccccc1F. The Morgan fingerprint density at radius 2 is 1.88 bits per heavy atom. The van der Waals surface area contributed by atoms with Gasteiger partial charge in [0, 0.05) is 6.54 Å². The minimum atomic E-state index is -3.70. The Morgan fingerprint density at radius 3 is 2.53 bits per heavy atom. The first kappa shape index (κ1) is 14.1. The monoisotopic (exact) mass is 259 g/mol. The Morgan fingerprint density at radius 1 is 1.18 bits per heavy atom. The van der Waals surface area contributed by atoms with Crippen LogP contribution in [0.25, 0.3) is 0 Å². The number of halogens is 1. The molecule has 17 heavy (non-hydrogen) atoms. The summed E-state index contributed by atoms with van der Waals surface area (Å²) in [5.41, 5.74) is 0. The van der Waals surface area contributed by atoms with Gasteiger partial charge in [0.2, 0.25) is 10.0 Å². The highest BCUT2D eigenvalue weighted by molar-refractivity contribution is 7.89. The molecule has 0 aliphatic heterocycles. The van der Waals surface area contributed by atoms with Crippen molar-refractivity contribution in [2.75, 3.05) is 6.54 Å². The van der Waals surface area contributed by atoms with Crippen LogP contribution in [0, 0.1) is 5.82 Å². The summed E-state index contributed by atoms with van der Waals surface area (Å²) in [4.78, 5) is -0.282. The van der Waals surface area contributed by atoms with Crippen LogP contribution in [0.15, 0.2) is 29.2 Å². The van der Waals surface area contributed by atoms with Crippen LogP contribution in [0.1, 0.15) is 32.6 Å². The fraction of sp³-hybridized carbons (Fsp3) is 0.500. The predicted molar refractivity (Wildman–Crippen MR) is 65.7 cm³/mol. The van der Waals surface area contributed by atoms with Crippen molar-refractivity contribution >= 4 is 10.0 Å². The molecule has 0 heterocycles. The molecule has 0 aliphatic rings. The van der Waals surface area contributed by atoms with Gasteiger partial charge in [0.15, 0.2) is 0 Å². The minimum absolute atomic E-state index is 0.282. The van der Waals surface area contributed by atoms with E-state index in [4.69, 9.17) is 0 Å². The fourth-order valence-corrected chi connectivity index (χ4v) is 2.65. The van der Waals surface area contributed by atoms with Gasteiger partial charge in [-0.2, -0.15) is 0 Å². The van der Waals surface area contributed by atoms with E-state index in [2.05, 4.69) is 11.6 Å². The molecule has 0 radical (unpaired) electrons. The molecule has 0 aromatic heterocycles. The van der Waals surface area contributed by atoms with Crippen LogP contribution in [0.3, 0.4) is 0 Å². The first-order valence-electron chi connectivity index (χ1n) is 5.82. The number of nitrogens with one attached hydrogen (secondary N) is 1. The summed E-state index contributed by atoms with van der Waals surface area (Å²) in [5, 5.41) is 0. The van der Waals surface area contributed by atoms with Gasteiger partial charge in [0.1, 0.15) is 10.7 Å². The zero-order valence-corrected chi connectivity index (χ0v) is 10.8. The van der Waals surface area contributed by atoms with Crippen molar-refractivity contribution in [3.05, 3.63) is 30.1 Å². The topological polar surface area (TPSA) is 46.2 Å². The third kappa shape index (κ3) is 4.44. The maximum absolute atomic E-state index is 13.3. The van der Waals surface area contributed by atoms with Crippen LogP contribution in [0.5, 0.6) is 0 Å². The molecule has 0 spiro atoms. The lowest BCUT2D eigenvalue weighted by Crippen LogP contribution is -2.25. The van der Waals surface area contributed by atoms with Crippen molar-refractivity contribution in [3.63, 3.8) is 0 Å². The molecular formula is C12H18FNO2S. The Kier molecular flexibility index (Phi) is 5.58. The van der Waals surface area contributed by atoms with Crippen molar-refractivity contribution in [2.24, 2.45) is 0 Å². The lowest BCUT2D eigenvalue weighted by atomic mass is 10.2. The molecule has 1 aromatic rings. The van der Waals surface area contributed by atoms with Crippen LogP contribution in [0.2, 0.25) is 0 Å². The van der Waals surface area contributed by atoms with Gasteiger partial charge in [-0.1, -0.05) is 38.3 Å². The number of benzene rings is 1. The van der Waals surface area contributed by atoms with Crippen LogP contribution in [0.4, 0.5) is 4.39 Å². The molecule has 1 aromatic carbocycles. The molecule has 3 nitrogen and oxygen atoms in total. The standard InChI is InChI=1S/C12H18FNO2S/c1-2-3-4-7-10-14-17(15,16)12-9-6-5-8-11(12)13/h5-6,8-9,14H,2-4,7,10H2,1H3. The normalized spacial score (nSPS) is 11.6. The average Bonchev–Trinajstić information content (AvgIpc) is 2.29. The third-order valence-corrected chi connectivity index (χ3v) is 3.94. The van der Waals surface area contributed by atoms with E-state index in [0.717, 1.165) is 31.7 Å². The van der Waals surface area contributed by atoms with Crippen LogP contribution in [-0.4, -0.2) is 15.0 Å². The highest BCUT2D eigenvalue weighted by Gasteiger charge is 2.17. The summed E-state index contributed by atoms with van der Waals surface area (Å²) >= 11 is 0. The molecule has 0 atom stereocenters. The minimum Gasteiger partial charge on any atom is -0.211 e. The van der Waals surface area contributed by atoms with E-state index in [1.54, 1.807) is 0 Å². The summed E-state index contributed by atoms with van der Waals surface area (Å²) < 4.78 is 39.2. The smallest absolute Gasteiger partial charge is 0.211 e. The zero-order chi connectivity index (χ0) is 12.7. The number of hydrogen-bond acceptors (Lipinski definition) is 2. The van der Waals surface area contributed by atoms with E-state index >= 15 is 0 Å². The second-order valence-electron chi connectivity index (χ2n) is 3.89. The van der Waals surface area contributed by atoms with Crippen LogP contribution in [-0.2, 0) is 10.0 Å². The Labute approximate surface area is 102 Å². The maximum atomic E-state index is 13.3. The van der Waals surface area contributed by atoms with Gasteiger partial charge in [-0.15, -0.1) is 0 Å². The van der Waals surface area contributed by atoms with E-state index < -0.39 is 15.8 Å². The van der Waals surface area contributed by atoms with Crippen molar-refractivity contribution in [3.8, 4) is 0 Å². The van der Waals surface area contributed by atoms with Gasteiger partial charge in [-0.25, -0.2) is 17.5 Å². The van der Waals surface area contributed by atoms with E-state index in [9.17, 15) is 12.8 Å². The second kappa shape index (κ2) is 6.71. The molecule has 0 bridgehead atoms. The van der Waals surface area contributed by atoms with E-state index in [-0.39, 0.29) is 4.90 Å². The summed E-state index contributed by atoms with van der Waals surface area (Å²) in [5.74, 6) is -0.714. The van der Waals surface area contributed by atoms with Gasteiger partial charge in [0.05, 0.1) is 0 Å². The lowest BCUT2D eigenvalue weighted by molar-refractivity contribution is 0.552. The van der Waals surface area contributed by atoms with E-state index in [1.165, 1.54) is 18.2 Å². The van der Waals surface area contributed by atoms with Crippen LogP contribution >= 0.6 is 0 Å². The van der Waals surface area contributed by atoms with Gasteiger partial charge in [-0.05, 0) is 18.6 Å². The number of unbranched alkanes of at least 4 members (excludes halogenated alkanes) is 3. The highest BCUT2D eigenvalue weighted by atomic mass is 32.2. The molecular weight excluding hydrogens is 241 g/mol. The summed E-state index contributed by atoms with van der Waals surface area (Å²) in [6.07, 6.45) is 3.94. The molecule has 0 saturated carbocycles. The third-order valence-electron chi connectivity index (χ3n) is 2.45. The van der Waals surface area contributed by atoms with Crippen molar-refractivity contribution in [1.29, 1.82) is 0 Å². The van der Waals surface area contributed by atoms with Gasteiger partial charge in [-0.3, -0.25) is 0 Å². The number of hydrogen-bond donors (Lipinski definition) is 1. The Balaban J connectivity index is 2.55. The molecule has 0 aliphatic carbocycles. The number of sulfonamides is 1. The van der Waals surface area contributed by atoms with Gasteiger partial charge >= 0.3 is 0 Å². The second-order valence-corrected chi connectivity index (χ2v) is 5.62. The van der Waals surface area contributed by atoms with Crippen molar-refractivity contribution < 1.29 is 12.8 Å². The fourth-order valence-electron chi connectivity index (χ4n) is 1.50. The highest BCUT2D eigenvalue weighted by Crippen LogP contribution is 2.13. The summed E-state index contributed by atoms with van der Waals surface area (Å²) in [6.45, 7) is 2.44. The first-order valence-corrected chi connectivity index (χ1v) is 7.30. The zero-order valence-electron chi connectivity index (χ0n) is 9.95. The molecule has 96 valence electrons. The molecule has 0 amide bonds. The first-order chi connectivity index (χ1) is 8.08. The van der Waals surface area contributed by atoms with Gasteiger partial charge < -0.3 is 0 Å².